The normalized spacial score (nSPS) is 7.50. The van der Waals surface area contributed by atoms with Crippen molar-refractivity contribution in [1.82, 2.24) is 9.55 Å². The van der Waals surface area contributed by atoms with E-state index in [9.17, 15) is 0 Å². The fourth-order valence-corrected chi connectivity index (χ4v) is 0.423. The van der Waals surface area contributed by atoms with Crippen LogP contribution in [0, 0.1) is 6.92 Å². The molecule has 0 N–H and O–H groups in total. The van der Waals surface area contributed by atoms with Crippen LogP contribution in [0.1, 0.15) is 39.8 Å². The maximum absolute atomic E-state index is 3.88. The molecule has 0 aliphatic rings. The first-order chi connectivity index (χ1) is 5.72. The molecule has 2 nitrogen and oxygen atoms in total. The van der Waals surface area contributed by atoms with Crippen LogP contribution in [-0.4, -0.2) is 9.55 Å². The Morgan fingerprint density at radius 3 is 1.83 bits per heavy atom. The number of hydrogen-bond donors (Lipinski definition) is 0. The van der Waals surface area contributed by atoms with Crippen LogP contribution in [0.5, 0.6) is 0 Å². The van der Waals surface area contributed by atoms with E-state index in [-0.39, 0.29) is 0 Å². The second kappa shape index (κ2) is 10.2. The Balaban J connectivity index is 0. The molecule has 1 heterocycles. The number of nitrogens with zero attached hydrogens (tertiary/aromatic N) is 2. The summed E-state index contributed by atoms with van der Waals surface area (Å²) in [4.78, 5) is 3.88. The van der Waals surface area contributed by atoms with Gasteiger partial charge in [-0.15, -0.1) is 0 Å². The minimum Gasteiger partial charge on any atom is -0.338 e. The smallest absolute Gasteiger partial charge is 0.0945 e. The minimum absolute atomic E-state index is 1.19. The van der Waals surface area contributed by atoms with Crippen LogP contribution in [0.15, 0.2) is 12.5 Å². The standard InChI is InChI=1S/C5H8N2.C3H8.C2H6/c1-5-3-6-4-7(5)2;1-3-2;1-2/h3-4H,1-2H3;3H2,1-2H3;1-2H3. The molecule has 0 saturated carbocycles. The van der Waals surface area contributed by atoms with E-state index in [1.807, 2.05) is 38.6 Å². The number of aromatic nitrogens is 2. The summed E-state index contributed by atoms with van der Waals surface area (Å²) in [5.74, 6) is 0. The van der Waals surface area contributed by atoms with Crippen LogP contribution < -0.4 is 0 Å². The maximum Gasteiger partial charge on any atom is 0.0945 e. The monoisotopic (exact) mass is 170 g/mol. The van der Waals surface area contributed by atoms with Gasteiger partial charge in [-0.05, 0) is 6.92 Å². The molecule has 12 heavy (non-hydrogen) atoms. The average molecular weight is 170 g/mol. The highest BCUT2D eigenvalue weighted by atomic mass is 15.0. The summed E-state index contributed by atoms with van der Waals surface area (Å²) >= 11 is 0. The molecule has 0 aromatic carbocycles. The molecule has 0 saturated heterocycles. The van der Waals surface area contributed by atoms with E-state index in [1.165, 1.54) is 12.1 Å². The van der Waals surface area contributed by atoms with E-state index >= 15 is 0 Å². The fraction of sp³-hybridized carbons (Fsp3) is 0.700. The fourth-order valence-electron chi connectivity index (χ4n) is 0.423. The lowest BCUT2D eigenvalue weighted by atomic mass is 10.5. The highest BCUT2D eigenvalue weighted by molar-refractivity contribution is 4.91. The molecule has 0 amide bonds. The summed E-state index contributed by atoms with van der Waals surface area (Å²) in [5, 5.41) is 0. The first kappa shape index (κ1) is 13.8. The first-order valence-electron chi connectivity index (χ1n) is 4.65. The summed E-state index contributed by atoms with van der Waals surface area (Å²) in [5.41, 5.74) is 1.19. The van der Waals surface area contributed by atoms with Gasteiger partial charge in [-0.1, -0.05) is 34.1 Å². The zero-order valence-electron chi connectivity index (χ0n) is 9.26. The zero-order chi connectivity index (χ0) is 9.98. The van der Waals surface area contributed by atoms with Gasteiger partial charge in [0.05, 0.1) is 6.33 Å². The molecule has 0 bridgehead atoms. The van der Waals surface area contributed by atoms with Crippen LogP contribution in [-0.2, 0) is 7.05 Å². The third-order valence-electron chi connectivity index (χ3n) is 1.06. The van der Waals surface area contributed by atoms with Crippen LogP contribution in [0.25, 0.3) is 0 Å². The van der Waals surface area contributed by atoms with E-state index in [0.717, 1.165) is 0 Å². The van der Waals surface area contributed by atoms with Crippen molar-refractivity contribution in [3.05, 3.63) is 18.2 Å². The highest BCUT2D eigenvalue weighted by Crippen LogP contribution is 1.88. The van der Waals surface area contributed by atoms with Crippen LogP contribution in [0.2, 0.25) is 0 Å². The average Bonchev–Trinajstić information content (AvgIpc) is 2.42. The molecule has 72 valence electrons. The Hall–Kier alpha value is -0.790. The maximum atomic E-state index is 3.88. The van der Waals surface area contributed by atoms with E-state index in [1.54, 1.807) is 6.33 Å². The van der Waals surface area contributed by atoms with Gasteiger partial charge in [0, 0.05) is 18.9 Å². The van der Waals surface area contributed by atoms with Crippen LogP contribution in [0.4, 0.5) is 0 Å². The van der Waals surface area contributed by atoms with E-state index in [0.29, 0.717) is 0 Å². The molecule has 0 aliphatic heterocycles. The summed E-state index contributed by atoms with van der Waals surface area (Å²) < 4.78 is 1.97. The number of imidazole rings is 1. The van der Waals surface area contributed by atoms with Crippen molar-refractivity contribution in [2.75, 3.05) is 0 Å². The van der Waals surface area contributed by atoms with Gasteiger partial charge in [0.1, 0.15) is 0 Å². The Labute approximate surface area is 76.6 Å². The lowest BCUT2D eigenvalue weighted by Gasteiger charge is -1.87. The van der Waals surface area contributed by atoms with E-state index in [2.05, 4.69) is 18.8 Å². The second-order valence-corrected chi connectivity index (χ2v) is 2.35. The molecule has 0 radical (unpaired) electrons. The second-order valence-electron chi connectivity index (χ2n) is 2.35. The third-order valence-corrected chi connectivity index (χ3v) is 1.06. The predicted molar refractivity (Wildman–Crippen MR) is 55.3 cm³/mol. The number of hydrogen-bond acceptors (Lipinski definition) is 1. The lowest BCUT2D eigenvalue weighted by Crippen LogP contribution is -1.84. The topological polar surface area (TPSA) is 17.8 Å². The van der Waals surface area contributed by atoms with Crippen molar-refractivity contribution >= 4 is 0 Å². The Bertz CT molecular complexity index is 152. The van der Waals surface area contributed by atoms with Crippen molar-refractivity contribution in [1.29, 1.82) is 0 Å². The van der Waals surface area contributed by atoms with Gasteiger partial charge in [0.2, 0.25) is 0 Å². The Kier molecular flexibility index (Phi) is 11.7. The molecule has 0 atom stereocenters. The van der Waals surface area contributed by atoms with Crippen molar-refractivity contribution in [2.45, 2.75) is 41.0 Å². The Morgan fingerprint density at radius 1 is 1.33 bits per heavy atom. The minimum atomic E-state index is 1.19. The molecular formula is C10H22N2. The van der Waals surface area contributed by atoms with Crippen LogP contribution in [0.3, 0.4) is 0 Å². The van der Waals surface area contributed by atoms with Gasteiger partial charge < -0.3 is 4.57 Å². The molecule has 2 heteroatoms. The number of aryl methyl sites for hydroxylation is 2. The molecule has 0 fully saturated rings. The van der Waals surface area contributed by atoms with E-state index < -0.39 is 0 Å². The van der Waals surface area contributed by atoms with E-state index in [4.69, 9.17) is 0 Å². The quantitative estimate of drug-likeness (QED) is 0.584. The molecule has 0 unspecified atom stereocenters. The van der Waals surface area contributed by atoms with Gasteiger partial charge in [0.15, 0.2) is 0 Å². The summed E-state index contributed by atoms with van der Waals surface area (Å²) in [6, 6.07) is 0. The largest absolute Gasteiger partial charge is 0.338 e. The SMILES string of the molecule is CC.CCC.Cc1cncn1C. The van der Waals surface area contributed by atoms with Crippen molar-refractivity contribution in [2.24, 2.45) is 7.05 Å². The highest BCUT2D eigenvalue weighted by Gasteiger charge is 1.83. The molecule has 0 spiro atoms. The van der Waals surface area contributed by atoms with Gasteiger partial charge in [-0.2, -0.15) is 0 Å². The molecule has 0 aliphatic carbocycles. The third kappa shape index (κ3) is 7.32. The van der Waals surface area contributed by atoms with Gasteiger partial charge in [0.25, 0.3) is 0 Å². The van der Waals surface area contributed by atoms with Crippen molar-refractivity contribution in [3.63, 3.8) is 0 Å². The Morgan fingerprint density at radius 2 is 1.75 bits per heavy atom. The van der Waals surface area contributed by atoms with Crippen molar-refractivity contribution in [3.8, 4) is 0 Å². The summed E-state index contributed by atoms with van der Waals surface area (Å²) in [6.45, 7) is 10.3. The molecule has 1 aromatic heterocycles. The first-order valence-corrected chi connectivity index (χ1v) is 4.65. The van der Waals surface area contributed by atoms with Crippen molar-refractivity contribution < 1.29 is 0 Å². The molecule has 1 aromatic rings. The summed E-state index contributed by atoms with van der Waals surface area (Å²) in [6.07, 6.45) is 4.87. The zero-order valence-corrected chi connectivity index (χ0v) is 9.26. The predicted octanol–water partition coefficient (Wildman–Crippen LogP) is 3.17. The molecule has 1 rings (SSSR count). The summed E-state index contributed by atoms with van der Waals surface area (Å²) in [7, 11) is 1.97. The molecular weight excluding hydrogens is 148 g/mol. The van der Waals surface area contributed by atoms with Gasteiger partial charge >= 0.3 is 0 Å². The lowest BCUT2D eigenvalue weighted by molar-refractivity contribution is 0.873. The van der Waals surface area contributed by atoms with Gasteiger partial charge in [-0.25, -0.2) is 4.98 Å². The van der Waals surface area contributed by atoms with Crippen LogP contribution >= 0.6 is 0 Å². The number of rotatable bonds is 0. The van der Waals surface area contributed by atoms with Gasteiger partial charge in [-0.3, -0.25) is 0 Å².